The largest absolute Gasteiger partial charge is 0.463 e. The van der Waals surface area contributed by atoms with Crippen LogP contribution in [-0.4, -0.2) is 23.0 Å². The Bertz CT molecular complexity index is 1160. The van der Waals surface area contributed by atoms with Gasteiger partial charge in [-0.3, -0.25) is 4.79 Å². The summed E-state index contributed by atoms with van der Waals surface area (Å²) in [6.45, 7) is 0. The number of thioether (sulfide) groups is 1. The Morgan fingerprint density at radius 3 is 2.85 bits per heavy atom. The molecule has 0 bridgehead atoms. The fourth-order valence-electron chi connectivity index (χ4n) is 2.63. The highest BCUT2D eigenvalue weighted by molar-refractivity contribution is 7.98. The third-order valence-corrected chi connectivity index (χ3v) is 5.67. The lowest BCUT2D eigenvalue weighted by Crippen LogP contribution is -2.08. The van der Waals surface area contributed by atoms with E-state index in [1.807, 2.05) is 35.7 Å². The molecule has 0 radical (unpaired) electrons. The Hall–Kier alpha value is -2.84. The molecule has 1 aromatic carbocycles. The molecule has 0 spiro atoms. The summed E-state index contributed by atoms with van der Waals surface area (Å²) in [5.74, 6) is 0.656. The maximum Gasteiger partial charge on any atom is 0.373 e. The minimum absolute atomic E-state index is 0.149. The number of esters is 1. The molecule has 27 heavy (non-hydrogen) atoms. The van der Waals surface area contributed by atoms with Crippen molar-refractivity contribution in [2.75, 3.05) is 7.11 Å². The number of benzene rings is 1. The van der Waals surface area contributed by atoms with Crippen molar-refractivity contribution in [3.63, 3.8) is 0 Å². The van der Waals surface area contributed by atoms with Crippen molar-refractivity contribution in [3.05, 3.63) is 69.7 Å². The van der Waals surface area contributed by atoms with Gasteiger partial charge in [0.2, 0.25) is 5.76 Å². The van der Waals surface area contributed by atoms with Crippen LogP contribution in [0.4, 0.5) is 0 Å². The van der Waals surface area contributed by atoms with Gasteiger partial charge in [-0.1, -0.05) is 42.1 Å². The fraction of sp³-hybridized carbons (Fsp3) is 0.105. The average molecular weight is 398 g/mol. The average Bonchev–Trinajstić information content (AvgIpc) is 3.34. The summed E-state index contributed by atoms with van der Waals surface area (Å²) in [7, 11) is 1.30. The second kappa shape index (κ2) is 7.42. The van der Waals surface area contributed by atoms with Crippen molar-refractivity contribution in [2.45, 2.75) is 10.9 Å². The summed E-state index contributed by atoms with van der Waals surface area (Å²) in [5, 5.41) is 3.05. The molecule has 0 saturated heterocycles. The van der Waals surface area contributed by atoms with E-state index in [0.29, 0.717) is 26.9 Å². The number of hydrogen-bond acceptors (Lipinski definition) is 7. The number of carbonyl (C=O) groups is 1. The molecular formula is C19H14N2O4S2. The monoisotopic (exact) mass is 398 g/mol. The minimum atomic E-state index is -0.522. The van der Waals surface area contributed by atoms with Gasteiger partial charge in [0.15, 0.2) is 5.16 Å². The molecule has 4 rings (SSSR count). The molecule has 1 N–H and O–H groups in total. The molecule has 6 nitrogen and oxygen atoms in total. The topological polar surface area (TPSA) is 85.2 Å². The lowest BCUT2D eigenvalue weighted by atomic mass is 10.1. The first-order valence-electron chi connectivity index (χ1n) is 8.02. The Balaban J connectivity index is 1.58. The molecule has 0 amide bonds. The number of rotatable bonds is 5. The predicted molar refractivity (Wildman–Crippen MR) is 105 cm³/mol. The number of nitrogens with zero attached hydrogens (tertiary/aromatic N) is 1. The van der Waals surface area contributed by atoms with Crippen LogP contribution in [0.5, 0.6) is 0 Å². The number of carbonyl (C=O) groups excluding carboxylic acids is 1. The maximum absolute atomic E-state index is 12.6. The van der Waals surface area contributed by atoms with Crippen LogP contribution in [0.2, 0.25) is 0 Å². The van der Waals surface area contributed by atoms with E-state index in [2.05, 4.69) is 14.7 Å². The van der Waals surface area contributed by atoms with Crippen molar-refractivity contribution in [1.82, 2.24) is 9.97 Å². The van der Waals surface area contributed by atoms with Gasteiger partial charge in [0.25, 0.3) is 5.56 Å². The van der Waals surface area contributed by atoms with Gasteiger partial charge in [-0.25, -0.2) is 9.78 Å². The van der Waals surface area contributed by atoms with Crippen LogP contribution in [-0.2, 0) is 10.5 Å². The van der Waals surface area contributed by atoms with Crippen LogP contribution < -0.4 is 5.56 Å². The van der Waals surface area contributed by atoms with Crippen LogP contribution in [0, 0.1) is 0 Å². The van der Waals surface area contributed by atoms with Crippen molar-refractivity contribution in [3.8, 4) is 11.1 Å². The van der Waals surface area contributed by atoms with Crippen LogP contribution in [0.3, 0.4) is 0 Å². The van der Waals surface area contributed by atoms with Gasteiger partial charge >= 0.3 is 5.97 Å². The van der Waals surface area contributed by atoms with Crippen molar-refractivity contribution >= 4 is 39.3 Å². The van der Waals surface area contributed by atoms with E-state index >= 15 is 0 Å². The van der Waals surface area contributed by atoms with Crippen molar-refractivity contribution in [1.29, 1.82) is 0 Å². The predicted octanol–water partition coefficient (Wildman–Crippen LogP) is 4.32. The Morgan fingerprint density at radius 1 is 1.26 bits per heavy atom. The van der Waals surface area contributed by atoms with Crippen LogP contribution in [0.15, 0.2) is 62.2 Å². The zero-order valence-electron chi connectivity index (χ0n) is 14.2. The molecule has 0 fully saturated rings. The number of methoxy groups -OCH3 is 1. The lowest BCUT2D eigenvalue weighted by Gasteiger charge is -2.01. The second-order valence-electron chi connectivity index (χ2n) is 5.61. The first-order chi connectivity index (χ1) is 13.2. The summed E-state index contributed by atoms with van der Waals surface area (Å²) in [4.78, 5) is 32.1. The smallest absolute Gasteiger partial charge is 0.373 e. The summed E-state index contributed by atoms with van der Waals surface area (Å²) in [6, 6.07) is 13.0. The summed E-state index contributed by atoms with van der Waals surface area (Å²) in [6.07, 6.45) is 0. The summed E-state index contributed by atoms with van der Waals surface area (Å²) < 4.78 is 10.0. The van der Waals surface area contributed by atoms with Crippen LogP contribution in [0.25, 0.3) is 21.3 Å². The first kappa shape index (κ1) is 17.6. The standard InChI is InChI=1S/C19H14N2O4S2/c1-24-18(23)14-8-7-12(25-14)9-27-19-20-16(22)15-13(10-26-17(15)21-19)11-5-3-2-4-6-11/h2-8,10H,9H2,1H3,(H,20,21,22). The number of hydrogen-bond donors (Lipinski definition) is 1. The maximum atomic E-state index is 12.6. The molecule has 136 valence electrons. The molecule has 0 aliphatic rings. The molecule has 0 saturated carbocycles. The molecule has 4 aromatic rings. The van der Waals surface area contributed by atoms with Gasteiger partial charge in [0.05, 0.1) is 18.2 Å². The van der Waals surface area contributed by atoms with E-state index in [1.165, 1.54) is 30.2 Å². The third kappa shape index (κ3) is 3.54. The fourth-order valence-corrected chi connectivity index (χ4v) is 4.39. The number of furan rings is 1. The minimum Gasteiger partial charge on any atom is -0.463 e. The molecule has 0 unspecified atom stereocenters. The van der Waals surface area contributed by atoms with E-state index in [9.17, 15) is 9.59 Å². The molecule has 0 aliphatic heterocycles. The summed E-state index contributed by atoms with van der Waals surface area (Å²) >= 11 is 2.78. The Morgan fingerprint density at radius 2 is 2.07 bits per heavy atom. The second-order valence-corrected chi connectivity index (χ2v) is 7.44. The lowest BCUT2D eigenvalue weighted by molar-refractivity contribution is 0.0563. The zero-order chi connectivity index (χ0) is 18.8. The quantitative estimate of drug-likeness (QED) is 0.306. The molecule has 0 aliphatic carbocycles. The highest BCUT2D eigenvalue weighted by Gasteiger charge is 2.14. The number of fused-ring (bicyclic) bond motifs is 1. The number of aromatic nitrogens is 2. The van der Waals surface area contributed by atoms with E-state index in [4.69, 9.17) is 4.42 Å². The highest BCUT2D eigenvalue weighted by atomic mass is 32.2. The van der Waals surface area contributed by atoms with Crippen LogP contribution in [0.1, 0.15) is 16.3 Å². The molecule has 3 aromatic heterocycles. The van der Waals surface area contributed by atoms with Gasteiger partial charge in [-0.2, -0.15) is 0 Å². The zero-order valence-corrected chi connectivity index (χ0v) is 15.9. The molecule has 3 heterocycles. The molecule has 8 heteroatoms. The van der Waals surface area contributed by atoms with Gasteiger partial charge in [-0.05, 0) is 17.7 Å². The molecule has 0 atom stereocenters. The number of H-pyrrole nitrogens is 1. The number of aromatic amines is 1. The first-order valence-corrected chi connectivity index (χ1v) is 9.89. The summed E-state index contributed by atoms with van der Waals surface area (Å²) in [5.41, 5.74) is 1.70. The number of thiophene rings is 1. The van der Waals surface area contributed by atoms with Crippen molar-refractivity contribution in [2.24, 2.45) is 0 Å². The number of nitrogens with one attached hydrogen (secondary N) is 1. The SMILES string of the molecule is COC(=O)c1ccc(CSc2nc3scc(-c4ccccc4)c3c(=O)[nH]2)o1. The van der Waals surface area contributed by atoms with Gasteiger partial charge < -0.3 is 14.1 Å². The van der Waals surface area contributed by atoms with Crippen LogP contribution >= 0.6 is 23.1 Å². The van der Waals surface area contributed by atoms with Gasteiger partial charge in [0, 0.05) is 10.9 Å². The number of ether oxygens (including phenoxy) is 1. The van der Waals surface area contributed by atoms with Gasteiger partial charge in [0.1, 0.15) is 10.6 Å². The third-order valence-electron chi connectivity index (χ3n) is 3.91. The Labute approximate surface area is 162 Å². The normalized spacial score (nSPS) is 11.0. The van der Waals surface area contributed by atoms with E-state index < -0.39 is 5.97 Å². The highest BCUT2D eigenvalue weighted by Crippen LogP contribution is 2.31. The van der Waals surface area contributed by atoms with Gasteiger partial charge in [-0.15, -0.1) is 11.3 Å². The molecular weight excluding hydrogens is 384 g/mol. The van der Waals surface area contributed by atoms with E-state index in [0.717, 1.165) is 11.1 Å². The van der Waals surface area contributed by atoms with E-state index in [1.54, 1.807) is 12.1 Å². The Kier molecular flexibility index (Phi) is 4.83. The van der Waals surface area contributed by atoms with E-state index in [-0.39, 0.29) is 11.3 Å². The van der Waals surface area contributed by atoms with Crippen molar-refractivity contribution < 1.29 is 13.9 Å².